The van der Waals surface area contributed by atoms with Gasteiger partial charge in [0.1, 0.15) is 6.17 Å². The minimum atomic E-state index is 0.140. The highest BCUT2D eigenvalue weighted by molar-refractivity contribution is 5.90. The van der Waals surface area contributed by atoms with E-state index < -0.39 is 0 Å². The quantitative estimate of drug-likeness (QED) is 0.278. The fourth-order valence-corrected chi connectivity index (χ4v) is 6.41. The van der Waals surface area contributed by atoms with Crippen molar-refractivity contribution in [2.75, 3.05) is 9.80 Å². The highest BCUT2D eigenvalue weighted by Crippen LogP contribution is 2.56. The van der Waals surface area contributed by atoms with Crippen LogP contribution in [-0.4, -0.2) is 11.1 Å². The normalized spacial score (nSPS) is 20.1. The van der Waals surface area contributed by atoms with Crippen molar-refractivity contribution < 1.29 is 0 Å². The molecule has 0 aliphatic carbocycles. The van der Waals surface area contributed by atoms with E-state index in [4.69, 9.17) is 4.98 Å². The van der Waals surface area contributed by atoms with Crippen LogP contribution < -0.4 is 9.80 Å². The first-order valence-corrected chi connectivity index (χ1v) is 12.9. The van der Waals surface area contributed by atoms with E-state index in [-0.39, 0.29) is 6.17 Å². The van der Waals surface area contributed by atoms with Crippen molar-refractivity contribution in [3.05, 3.63) is 114 Å². The largest absolute Gasteiger partial charge is 0.316 e. The van der Waals surface area contributed by atoms with Gasteiger partial charge in [0, 0.05) is 22.9 Å². The van der Waals surface area contributed by atoms with E-state index in [9.17, 15) is 0 Å². The van der Waals surface area contributed by atoms with Gasteiger partial charge in [0.15, 0.2) is 5.82 Å². The van der Waals surface area contributed by atoms with Crippen LogP contribution in [0.5, 0.6) is 0 Å². The summed E-state index contributed by atoms with van der Waals surface area (Å²) in [7, 11) is 0. The number of fused-ring (bicyclic) bond motifs is 5. The van der Waals surface area contributed by atoms with Crippen LogP contribution in [0.15, 0.2) is 91.5 Å². The third-order valence-corrected chi connectivity index (χ3v) is 8.10. The Morgan fingerprint density at radius 2 is 1.42 bits per heavy atom. The first-order valence-electron chi connectivity index (χ1n) is 12.9. The molecule has 0 radical (unpaired) electrons. The summed E-state index contributed by atoms with van der Waals surface area (Å²) in [6.07, 6.45) is 3.17. The monoisotopic (exact) mass is 471 g/mol. The van der Waals surface area contributed by atoms with Crippen LogP contribution in [0.4, 0.5) is 22.9 Å². The number of aromatic nitrogens is 1. The molecule has 1 aromatic heterocycles. The molecule has 0 fully saturated rings. The Morgan fingerprint density at radius 3 is 2.14 bits per heavy atom. The fraction of sp³-hybridized carbons (Fsp3) is 0.242. The lowest BCUT2D eigenvalue weighted by Gasteiger charge is -2.45. The molecule has 0 amide bonds. The van der Waals surface area contributed by atoms with Gasteiger partial charge in [-0.25, -0.2) is 4.98 Å². The molecule has 2 aliphatic rings. The van der Waals surface area contributed by atoms with Gasteiger partial charge in [-0.3, -0.25) is 0 Å². The molecule has 4 aromatic rings. The Balaban J connectivity index is 1.63. The lowest BCUT2D eigenvalue weighted by atomic mass is 9.78. The first kappa shape index (κ1) is 22.6. The van der Waals surface area contributed by atoms with E-state index in [0.717, 1.165) is 17.9 Å². The van der Waals surface area contributed by atoms with Gasteiger partial charge in [0.05, 0.1) is 11.4 Å². The van der Waals surface area contributed by atoms with Gasteiger partial charge in [-0.15, -0.1) is 6.58 Å². The molecular weight excluding hydrogens is 438 g/mol. The van der Waals surface area contributed by atoms with Gasteiger partial charge < -0.3 is 9.80 Å². The van der Waals surface area contributed by atoms with Crippen LogP contribution in [-0.2, 0) is 0 Å². The second-order valence-corrected chi connectivity index (χ2v) is 10.3. The predicted octanol–water partition coefficient (Wildman–Crippen LogP) is 8.60. The van der Waals surface area contributed by atoms with Gasteiger partial charge in [-0.05, 0) is 79.6 Å². The number of para-hydroxylation sites is 2. The van der Waals surface area contributed by atoms with Gasteiger partial charge >= 0.3 is 0 Å². The molecule has 3 unspecified atom stereocenters. The van der Waals surface area contributed by atoms with Gasteiger partial charge in [-0.1, -0.05) is 67.6 Å². The summed E-state index contributed by atoms with van der Waals surface area (Å²) in [6, 6.07) is 28.6. The van der Waals surface area contributed by atoms with E-state index in [2.05, 4.69) is 129 Å². The average molecular weight is 472 g/mol. The van der Waals surface area contributed by atoms with Crippen molar-refractivity contribution in [3.63, 3.8) is 0 Å². The summed E-state index contributed by atoms with van der Waals surface area (Å²) >= 11 is 0. The molecule has 3 atom stereocenters. The molecule has 3 nitrogen and oxygen atoms in total. The van der Waals surface area contributed by atoms with Crippen molar-refractivity contribution in [3.8, 4) is 11.3 Å². The topological polar surface area (TPSA) is 19.4 Å². The molecule has 0 saturated carbocycles. The maximum Gasteiger partial charge on any atom is 0.159 e. The molecule has 0 saturated heterocycles. The van der Waals surface area contributed by atoms with E-state index >= 15 is 0 Å². The van der Waals surface area contributed by atoms with Crippen molar-refractivity contribution in [2.45, 2.75) is 46.2 Å². The third kappa shape index (κ3) is 3.30. The second-order valence-electron chi connectivity index (χ2n) is 10.3. The first-order chi connectivity index (χ1) is 17.5. The van der Waals surface area contributed by atoms with Crippen molar-refractivity contribution in [1.29, 1.82) is 0 Å². The molecule has 0 bridgehead atoms. The maximum atomic E-state index is 5.40. The van der Waals surface area contributed by atoms with E-state index in [1.54, 1.807) is 0 Å². The number of aryl methyl sites for hydroxylation is 3. The summed E-state index contributed by atoms with van der Waals surface area (Å²) in [5, 5.41) is 0. The van der Waals surface area contributed by atoms with Crippen molar-refractivity contribution in [1.82, 2.24) is 4.98 Å². The predicted molar refractivity (Wildman–Crippen MR) is 152 cm³/mol. The molecule has 2 aliphatic heterocycles. The van der Waals surface area contributed by atoms with Crippen LogP contribution in [0.3, 0.4) is 0 Å². The summed E-state index contributed by atoms with van der Waals surface area (Å²) in [6.45, 7) is 13.1. The van der Waals surface area contributed by atoms with Crippen molar-refractivity contribution in [2.24, 2.45) is 5.92 Å². The third-order valence-electron chi connectivity index (χ3n) is 8.10. The summed E-state index contributed by atoms with van der Waals surface area (Å²) in [4.78, 5) is 10.4. The van der Waals surface area contributed by atoms with E-state index in [1.165, 1.54) is 44.9 Å². The standard InChI is InChI=1S/C33H33N3/c1-6-12-25-24(5)33-35(28-17-9-7-13-21(28)2)30-20-19-27(31-22(3)14-11-15-23(31)4)34-32(30)36(33)29-18-10-8-16-26(25)29/h6-11,13-20,24-25,33H,1,12H2,2-5H3. The lowest BCUT2D eigenvalue weighted by Crippen LogP contribution is -2.48. The average Bonchev–Trinajstić information content (AvgIpc) is 3.21. The molecule has 36 heavy (non-hydrogen) atoms. The van der Waals surface area contributed by atoms with Crippen LogP contribution >= 0.6 is 0 Å². The lowest BCUT2D eigenvalue weighted by molar-refractivity contribution is 0.369. The van der Waals surface area contributed by atoms with Crippen LogP contribution in [0.1, 0.15) is 41.5 Å². The number of benzene rings is 3. The zero-order valence-electron chi connectivity index (χ0n) is 21.6. The number of anilines is 4. The molecular formula is C33H33N3. The van der Waals surface area contributed by atoms with Gasteiger partial charge in [0.25, 0.3) is 0 Å². The molecule has 3 aromatic carbocycles. The molecule has 6 rings (SSSR count). The number of rotatable bonds is 4. The summed E-state index contributed by atoms with van der Waals surface area (Å²) in [5.41, 5.74) is 11.1. The Morgan fingerprint density at radius 1 is 0.750 bits per heavy atom. The number of nitrogens with zero attached hydrogens (tertiary/aromatic N) is 3. The smallest absolute Gasteiger partial charge is 0.159 e. The molecule has 3 heteroatoms. The summed E-state index contributed by atoms with van der Waals surface area (Å²) in [5.74, 6) is 1.81. The molecule has 0 spiro atoms. The SMILES string of the molecule is C=CCC1c2ccccc2N2c3nc(-c4c(C)cccc4C)ccc3N(c3ccccc3C)C2C1C. The number of pyridine rings is 1. The molecule has 3 heterocycles. The van der Waals surface area contributed by atoms with Gasteiger partial charge in [0.2, 0.25) is 0 Å². The highest BCUT2D eigenvalue weighted by Gasteiger charge is 2.48. The number of allylic oxidation sites excluding steroid dienone is 1. The maximum absolute atomic E-state index is 5.40. The van der Waals surface area contributed by atoms with Gasteiger partial charge in [-0.2, -0.15) is 0 Å². The Hall–Kier alpha value is -3.85. The fourth-order valence-electron chi connectivity index (χ4n) is 6.41. The zero-order chi connectivity index (χ0) is 25.0. The Kier molecular flexibility index (Phi) is 5.44. The Labute approximate surface area is 214 Å². The van der Waals surface area contributed by atoms with Crippen molar-refractivity contribution >= 4 is 22.9 Å². The van der Waals surface area contributed by atoms with Crippen LogP contribution in [0, 0.1) is 26.7 Å². The van der Waals surface area contributed by atoms with E-state index in [0.29, 0.717) is 11.8 Å². The highest BCUT2D eigenvalue weighted by atomic mass is 15.5. The minimum Gasteiger partial charge on any atom is -0.316 e. The number of hydrogen-bond acceptors (Lipinski definition) is 3. The zero-order valence-corrected chi connectivity index (χ0v) is 21.6. The minimum absolute atomic E-state index is 0.140. The molecule has 180 valence electrons. The number of hydrogen-bond donors (Lipinski definition) is 0. The Bertz CT molecular complexity index is 1450. The summed E-state index contributed by atoms with van der Waals surface area (Å²) < 4.78 is 0. The molecule has 0 N–H and O–H groups in total. The van der Waals surface area contributed by atoms with E-state index in [1.807, 2.05) is 0 Å². The van der Waals surface area contributed by atoms with Crippen LogP contribution in [0.25, 0.3) is 11.3 Å². The van der Waals surface area contributed by atoms with Crippen LogP contribution in [0.2, 0.25) is 0 Å². The second kappa shape index (κ2) is 8.67.